The van der Waals surface area contributed by atoms with E-state index in [1.165, 1.54) is 12.8 Å². The average Bonchev–Trinajstić information content (AvgIpc) is 2.46. The van der Waals surface area contributed by atoms with Gasteiger partial charge in [-0.05, 0) is 53.4 Å². The molecule has 2 rings (SSSR count). The maximum Gasteiger partial charge on any atom is 0.273 e. The highest BCUT2D eigenvalue weighted by Gasteiger charge is 2.31. The van der Waals surface area contributed by atoms with Gasteiger partial charge in [-0.2, -0.15) is 0 Å². The van der Waals surface area contributed by atoms with Crippen LogP contribution in [-0.4, -0.2) is 35.4 Å². The minimum atomic E-state index is -0.0298. The third kappa shape index (κ3) is 3.15. The Hall–Kier alpha value is -0.940. The molecule has 1 aliphatic carbocycles. The van der Waals surface area contributed by atoms with Gasteiger partial charge in [0.15, 0.2) is 0 Å². The van der Waals surface area contributed by atoms with Crippen molar-refractivity contribution in [1.82, 2.24) is 9.88 Å². The summed E-state index contributed by atoms with van der Waals surface area (Å²) in [6.45, 7) is 0.645. The Labute approximate surface area is 122 Å². The number of carbonyl (C=O) groups excluding carboxylic acids is 1. The maximum atomic E-state index is 12.5. The van der Waals surface area contributed by atoms with E-state index >= 15 is 0 Å². The molecule has 1 fully saturated rings. The number of hydrogen-bond donors (Lipinski definition) is 1. The number of halogens is 1. The molecular formula is C14H20BrN3O. The van der Waals surface area contributed by atoms with Crippen molar-refractivity contribution in [3.05, 3.63) is 28.5 Å². The molecule has 1 amide bonds. The molecule has 1 saturated carbocycles. The van der Waals surface area contributed by atoms with Crippen LogP contribution in [-0.2, 0) is 0 Å². The SMILES string of the molecule is CN(C(=O)c1ncccc1Br)C1CCCCC1CN. The topological polar surface area (TPSA) is 59.2 Å². The van der Waals surface area contributed by atoms with Crippen LogP contribution >= 0.6 is 15.9 Å². The number of carbonyl (C=O) groups is 1. The smallest absolute Gasteiger partial charge is 0.273 e. The van der Waals surface area contributed by atoms with Gasteiger partial charge in [-0.15, -0.1) is 0 Å². The third-order valence-corrected chi connectivity index (χ3v) is 4.59. The van der Waals surface area contributed by atoms with Crippen molar-refractivity contribution in [1.29, 1.82) is 0 Å². The van der Waals surface area contributed by atoms with Crippen molar-refractivity contribution in [2.75, 3.05) is 13.6 Å². The Morgan fingerprint density at radius 3 is 2.95 bits per heavy atom. The molecular weight excluding hydrogens is 306 g/mol. The fourth-order valence-electron chi connectivity index (χ4n) is 2.83. The molecule has 1 aromatic heterocycles. The summed E-state index contributed by atoms with van der Waals surface area (Å²) in [6, 6.07) is 3.89. The lowest BCUT2D eigenvalue weighted by Gasteiger charge is -2.37. The quantitative estimate of drug-likeness (QED) is 0.928. The van der Waals surface area contributed by atoms with Gasteiger partial charge in [0.2, 0.25) is 0 Å². The van der Waals surface area contributed by atoms with E-state index in [1.54, 1.807) is 6.20 Å². The summed E-state index contributed by atoms with van der Waals surface area (Å²) in [5.41, 5.74) is 6.32. The fourth-order valence-corrected chi connectivity index (χ4v) is 3.26. The van der Waals surface area contributed by atoms with Crippen molar-refractivity contribution in [2.24, 2.45) is 11.7 Å². The molecule has 2 atom stereocenters. The van der Waals surface area contributed by atoms with E-state index in [9.17, 15) is 4.79 Å². The van der Waals surface area contributed by atoms with Crippen molar-refractivity contribution >= 4 is 21.8 Å². The summed E-state index contributed by atoms with van der Waals surface area (Å²) in [4.78, 5) is 18.5. The summed E-state index contributed by atoms with van der Waals surface area (Å²) in [5.74, 6) is 0.378. The second-order valence-corrected chi connectivity index (χ2v) is 5.95. The molecule has 2 N–H and O–H groups in total. The molecule has 0 spiro atoms. The van der Waals surface area contributed by atoms with Gasteiger partial charge < -0.3 is 10.6 Å². The lowest BCUT2D eigenvalue weighted by atomic mass is 9.83. The first kappa shape index (κ1) is 14.5. The van der Waals surface area contributed by atoms with Crippen LogP contribution in [0.2, 0.25) is 0 Å². The number of rotatable bonds is 3. The first-order valence-corrected chi connectivity index (χ1v) is 7.52. The number of nitrogens with two attached hydrogens (primary N) is 1. The molecule has 1 aromatic rings. The molecule has 4 nitrogen and oxygen atoms in total. The fraction of sp³-hybridized carbons (Fsp3) is 0.571. The van der Waals surface area contributed by atoms with Gasteiger partial charge in [0.05, 0.1) is 0 Å². The Kier molecular flexibility index (Phi) is 4.93. The summed E-state index contributed by atoms with van der Waals surface area (Å²) >= 11 is 3.39. The highest BCUT2D eigenvalue weighted by molar-refractivity contribution is 9.10. The zero-order chi connectivity index (χ0) is 13.8. The molecule has 0 aromatic carbocycles. The van der Waals surface area contributed by atoms with Crippen LogP contribution in [0.15, 0.2) is 22.8 Å². The molecule has 19 heavy (non-hydrogen) atoms. The number of hydrogen-bond acceptors (Lipinski definition) is 3. The number of amides is 1. The molecule has 2 unspecified atom stereocenters. The van der Waals surface area contributed by atoms with E-state index in [1.807, 2.05) is 24.1 Å². The van der Waals surface area contributed by atoms with Crippen LogP contribution < -0.4 is 5.73 Å². The predicted molar refractivity (Wildman–Crippen MR) is 78.8 cm³/mol. The van der Waals surface area contributed by atoms with Gasteiger partial charge in [0.25, 0.3) is 5.91 Å². The van der Waals surface area contributed by atoms with Gasteiger partial charge in [0.1, 0.15) is 5.69 Å². The van der Waals surface area contributed by atoms with Crippen LogP contribution in [0.1, 0.15) is 36.2 Å². The molecule has 104 valence electrons. The lowest BCUT2D eigenvalue weighted by Crippen LogP contribution is -2.46. The van der Waals surface area contributed by atoms with Crippen molar-refractivity contribution in [2.45, 2.75) is 31.7 Å². The van der Waals surface area contributed by atoms with Crippen LogP contribution in [0, 0.1) is 5.92 Å². The zero-order valence-corrected chi connectivity index (χ0v) is 12.8. The van der Waals surface area contributed by atoms with Gasteiger partial charge in [0, 0.05) is 23.8 Å². The molecule has 1 aliphatic rings. The van der Waals surface area contributed by atoms with E-state index in [0.29, 0.717) is 18.2 Å². The molecule has 0 saturated heterocycles. The van der Waals surface area contributed by atoms with Crippen molar-refractivity contribution < 1.29 is 4.79 Å². The second kappa shape index (κ2) is 6.48. The first-order valence-electron chi connectivity index (χ1n) is 6.73. The maximum absolute atomic E-state index is 12.5. The van der Waals surface area contributed by atoms with Gasteiger partial charge in [-0.25, -0.2) is 4.98 Å². The second-order valence-electron chi connectivity index (χ2n) is 5.10. The Balaban J connectivity index is 2.16. The summed E-state index contributed by atoms with van der Waals surface area (Å²) in [6.07, 6.45) is 6.18. The average molecular weight is 326 g/mol. The van der Waals surface area contributed by atoms with Crippen molar-refractivity contribution in [3.8, 4) is 0 Å². The van der Waals surface area contributed by atoms with Gasteiger partial charge >= 0.3 is 0 Å². The molecule has 0 aliphatic heterocycles. The zero-order valence-electron chi connectivity index (χ0n) is 11.2. The first-order chi connectivity index (χ1) is 9.15. The van der Waals surface area contributed by atoms with E-state index in [2.05, 4.69) is 20.9 Å². The number of nitrogens with zero attached hydrogens (tertiary/aromatic N) is 2. The van der Waals surface area contributed by atoms with Crippen LogP contribution in [0.4, 0.5) is 0 Å². The molecule has 0 bridgehead atoms. The largest absolute Gasteiger partial charge is 0.337 e. The van der Waals surface area contributed by atoms with Gasteiger partial charge in [-0.3, -0.25) is 4.79 Å². The monoisotopic (exact) mass is 325 g/mol. The van der Waals surface area contributed by atoms with Gasteiger partial charge in [-0.1, -0.05) is 12.8 Å². The summed E-state index contributed by atoms with van der Waals surface area (Å²) < 4.78 is 0.743. The lowest BCUT2D eigenvalue weighted by molar-refractivity contribution is 0.0613. The Morgan fingerprint density at radius 1 is 1.53 bits per heavy atom. The van der Waals surface area contributed by atoms with E-state index < -0.39 is 0 Å². The normalized spacial score (nSPS) is 23.1. The Bertz CT molecular complexity index is 452. The Morgan fingerprint density at radius 2 is 2.26 bits per heavy atom. The van der Waals surface area contributed by atoms with Crippen LogP contribution in [0.25, 0.3) is 0 Å². The molecule has 1 heterocycles. The third-order valence-electron chi connectivity index (χ3n) is 3.95. The highest BCUT2D eigenvalue weighted by atomic mass is 79.9. The van der Waals surface area contributed by atoms with E-state index in [-0.39, 0.29) is 11.9 Å². The van der Waals surface area contributed by atoms with E-state index in [4.69, 9.17) is 5.73 Å². The van der Waals surface area contributed by atoms with Crippen LogP contribution in [0.5, 0.6) is 0 Å². The minimum absolute atomic E-state index is 0.0298. The minimum Gasteiger partial charge on any atom is -0.337 e. The van der Waals surface area contributed by atoms with Crippen molar-refractivity contribution in [3.63, 3.8) is 0 Å². The standard InChI is InChI=1S/C14H20BrN3O/c1-18(12-7-3-2-5-10(12)9-16)14(19)13-11(15)6-4-8-17-13/h4,6,8,10,12H,2-3,5,7,9,16H2,1H3. The summed E-state index contributed by atoms with van der Waals surface area (Å²) in [5, 5.41) is 0. The number of aromatic nitrogens is 1. The van der Waals surface area contributed by atoms with E-state index in [0.717, 1.165) is 17.3 Å². The molecule has 0 radical (unpaired) electrons. The van der Waals surface area contributed by atoms with Crippen LogP contribution in [0.3, 0.4) is 0 Å². The predicted octanol–water partition coefficient (Wildman–Crippen LogP) is 2.43. The number of pyridine rings is 1. The summed E-state index contributed by atoms with van der Waals surface area (Å²) in [7, 11) is 1.86. The molecule has 5 heteroatoms. The highest BCUT2D eigenvalue weighted by Crippen LogP contribution is 2.28.